The summed E-state index contributed by atoms with van der Waals surface area (Å²) >= 11 is 0. The van der Waals surface area contributed by atoms with E-state index in [0.29, 0.717) is 0 Å². The largest absolute Gasteiger partial charge is 0.480 e. The number of rotatable bonds is 4. The Morgan fingerprint density at radius 1 is 1.31 bits per heavy atom. The third kappa shape index (κ3) is 18.4. The van der Waals surface area contributed by atoms with Crippen LogP contribution in [0, 0.1) is 0 Å². The van der Waals surface area contributed by atoms with Crippen LogP contribution in [0.5, 0.6) is 0 Å². The summed E-state index contributed by atoms with van der Waals surface area (Å²) in [7, 11) is 0. The van der Waals surface area contributed by atoms with Gasteiger partial charge in [0, 0.05) is 0 Å². The molecule has 0 bridgehead atoms. The van der Waals surface area contributed by atoms with E-state index < -0.39 is 12.0 Å². The van der Waals surface area contributed by atoms with Crippen LogP contribution in [0.3, 0.4) is 0 Å². The topological polar surface area (TPSA) is 49.3 Å². The van der Waals surface area contributed by atoms with Gasteiger partial charge in [-0.15, -0.1) is 0 Å². The molecule has 0 rings (SSSR count). The molecule has 13 heavy (non-hydrogen) atoms. The first-order chi connectivity index (χ1) is 6.18. The predicted molar refractivity (Wildman–Crippen MR) is 58.1 cm³/mol. The Bertz CT molecular complexity index is 94.9. The molecule has 2 N–H and O–H groups in total. The molecule has 3 heteroatoms. The summed E-state index contributed by atoms with van der Waals surface area (Å²) in [5, 5.41) is 11.2. The summed E-state index contributed by atoms with van der Waals surface area (Å²) in [6.07, 6.45) is 0.970. The maximum atomic E-state index is 10.1. The SMILES string of the molecule is CC.CC.CCCNC(C)C(=O)O. The fourth-order valence-corrected chi connectivity index (χ4v) is 0.448. The average Bonchev–Trinajstić information content (AvgIpc) is 2.20. The minimum Gasteiger partial charge on any atom is -0.480 e. The summed E-state index contributed by atoms with van der Waals surface area (Å²) in [4.78, 5) is 10.1. The monoisotopic (exact) mass is 191 g/mol. The third-order valence-electron chi connectivity index (χ3n) is 1.07. The number of carboxylic acids is 1. The van der Waals surface area contributed by atoms with Gasteiger partial charge >= 0.3 is 5.97 Å². The van der Waals surface area contributed by atoms with Gasteiger partial charge in [0.25, 0.3) is 0 Å². The van der Waals surface area contributed by atoms with E-state index in [9.17, 15) is 4.79 Å². The smallest absolute Gasteiger partial charge is 0.320 e. The summed E-state index contributed by atoms with van der Waals surface area (Å²) in [5.74, 6) is -0.788. The Morgan fingerprint density at radius 3 is 1.92 bits per heavy atom. The molecule has 3 nitrogen and oxygen atoms in total. The maximum Gasteiger partial charge on any atom is 0.320 e. The molecule has 0 aromatic carbocycles. The molecule has 0 aromatic heterocycles. The highest BCUT2D eigenvalue weighted by molar-refractivity contribution is 5.72. The molecule has 0 aliphatic carbocycles. The van der Waals surface area contributed by atoms with Crippen LogP contribution in [0.1, 0.15) is 48.0 Å². The summed E-state index contributed by atoms with van der Waals surface area (Å²) in [5.41, 5.74) is 0. The van der Waals surface area contributed by atoms with E-state index in [1.54, 1.807) is 6.92 Å². The fourth-order valence-electron chi connectivity index (χ4n) is 0.448. The lowest BCUT2D eigenvalue weighted by Gasteiger charge is -2.05. The van der Waals surface area contributed by atoms with E-state index in [1.165, 1.54) is 0 Å². The Hall–Kier alpha value is -0.570. The zero-order valence-electron chi connectivity index (χ0n) is 9.85. The zero-order valence-corrected chi connectivity index (χ0v) is 9.85. The number of hydrogen-bond donors (Lipinski definition) is 2. The van der Waals surface area contributed by atoms with E-state index in [1.807, 2.05) is 34.6 Å². The fraction of sp³-hybridized carbons (Fsp3) is 0.900. The molecule has 0 heterocycles. The molecule has 0 amide bonds. The van der Waals surface area contributed by atoms with Gasteiger partial charge in [-0.1, -0.05) is 34.6 Å². The Labute approximate surface area is 82.5 Å². The first-order valence-corrected chi connectivity index (χ1v) is 5.14. The Kier molecular flexibility index (Phi) is 24.6. The number of nitrogens with one attached hydrogen (secondary N) is 1. The molecular formula is C10H25NO2. The third-order valence-corrected chi connectivity index (χ3v) is 1.07. The lowest BCUT2D eigenvalue weighted by molar-refractivity contribution is -0.138. The van der Waals surface area contributed by atoms with Gasteiger partial charge in [-0.05, 0) is 19.9 Å². The first-order valence-electron chi connectivity index (χ1n) is 5.14. The van der Waals surface area contributed by atoms with Crippen molar-refractivity contribution in [1.29, 1.82) is 0 Å². The molecule has 1 unspecified atom stereocenters. The highest BCUT2D eigenvalue weighted by Crippen LogP contribution is 1.80. The van der Waals surface area contributed by atoms with Crippen LogP contribution in [0.15, 0.2) is 0 Å². The molecule has 1 atom stereocenters. The molecule has 0 saturated carbocycles. The lowest BCUT2D eigenvalue weighted by atomic mass is 10.3. The second-order valence-electron chi connectivity index (χ2n) is 2.01. The second kappa shape index (κ2) is 17.5. The molecule has 0 aliphatic rings. The normalized spacial score (nSPS) is 10.0. The number of carboxylic acid groups (broad SMARTS) is 1. The maximum absolute atomic E-state index is 10.1. The van der Waals surface area contributed by atoms with E-state index in [4.69, 9.17) is 5.11 Å². The van der Waals surface area contributed by atoms with Crippen LogP contribution in [0.4, 0.5) is 0 Å². The Balaban J connectivity index is -0.000000218. The van der Waals surface area contributed by atoms with Gasteiger partial charge in [-0.25, -0.2) is 0 Å². The van der Waals surface area contributed by atoms with Crippen molar-refractivity contribution in [2.45, 2.75) is 54.0 Å². The summed E-state index contributed by atoms with van der Waals surface area (Å²) in [6, 6.07) is -0.412. The standard InChI is InChI=1S/C6H13NO2.2C2H6/c1-3-4-7-5(2)6(8)9;2*1-2/h5,7H,3-4H2,1-2H3,(H,8,9);2*1-2H3. The van der Waals surface area contributed by atoms with Gasteiger partial charge in [0.2, 0.25) is 0 Å². The van der Waals surface area contributed by atoms with E-state index in [-0.39, 0.29) is 0 Å². The van der Waals surface area contributed by atoms with Crippen LogP contribution < -0.4 is 5.32 Å². The van der Waals surface area contributed by atoms with Gasteiger partial charge in [0.1, 0.15) is 6.04 Å². The Morgan fingerprint density at radius 2 is 1.69 bits per heavy atom. The highest BCUT2D eigenvalue weighted by Gasteiger charge is 2.06. The quantitative estimate of drug-likeness (QED) is 0.718. The number of aliphatic carboxylic acids is 1. The molecule has 0 aliphatic heterocycles. The van der Waals surface area contributed by atoms with Crippen molar-refractivity contribution < 1.29 is 9.90 Å². The summed E-state index contributed by atoms with van der Waals surface area (Å²) in [6.45, 7) is 12.4. The first kappa shape index (κ1) is 18.3. The van der Waals surface area contributed by atoms with E-state index >= 15 is 0 Å². The van der Waals surface area contributed by atoms with E-state index in [2.05, 4.69) is 5.32 Å². The van der Waals surface area contributed by atoms with Crippen LogP contribution in [0.2, 0.25) is 0 Å². The second-order valence-corrected chi connectivity index (χ2v) is 2.01. The number of carbonyl (C=O) groups is 1. The van der Waals surface area contributed by atoms with Crippen LogP contribution in [-0.2, 0) is 4.79 Å². The van der Waals surface area contributed by atoms with Gasteiger partial charge in [-0.2, -0.15) is 0 Å². The average molecular weight is 191 g/mol. The van der Waals surface area contributed by atoms with Gasteiger partial charge in [0.15, 0.2) is 0 Å². The predicted octanol–water partition coefficient (Wildman–Crippen LogP) is 2.51. The highest BCUT2D eigenvalue weighted by atomic mass is 16.4. The number of hydrogen-bond acceptors (Lipinski definition) is 2. The van der Waals surface area contributed by atoms with Crippen LogP contribution in [0.25, 0.3) is 0 Å². The van der Waals surface area contributed by atoms with Crippen LogP contribution >= 0.6 is 0 Å². The van der Waals surface area contributed by atoms with E-state index in [0.717, 1.165) is 13.0 Å². The minimum absolute atomic E-state index is 0.412. The van der Waals surface area contributed by atoms with Crippen molar-refractivity contribution >= 4 is 5.97 Å². The van der Waals surface area contributed by atoms with Crippen molar-refractivity contribution in [1.82, 2.24) is 5.32 Å². The molecule has 0 radical (unpaired) electrons. The van der Waals surface area contributed by atoms with Gasteiger partial charge < -0.3 is 10.4 Å². The van der Waals surface area contributed by atoms with Crippen molar-refractivity contribution in [2.75, 3.05) is 6.54 Å². The van der Waals surface area contributed by atoms with Crippen molar-refractivity contribution in [3.05, 3.63) is 0 Å². The molecule has 0 fully saturated rings. The zero-order chi connectivity index (χ0) is 11.3. The molecular weight excluding hydrogens is 166 g/mol. The lowest BCUT2D eigenvalue weighted by Crippen LogP contribution is -2.33. The molecule has 0 aromatic rings. The van der Waals surface area contributed by atoms with Crippen LogP contribution in [-0.4, -0.2) is 23.7 Å². The van der Waals surface area contributed by atoms with Crippen molar-refractivity contribution in [2.24, 2.45) is 0 Å². The minimum atomic E-state index is -0.788. The molecule has 82 valence electrons. The van der Waals surface area contributed by atoms with Gasteiger partial charge in [-0.3, -0.25) is 4.79 Å². The summed E-state index contributed by atoms with van der Waals surface area (Å²) < 4.78 is 0. The van der Waals surface area contributed by atoms with Crippen molar-refractivity contribution in [3.63, 3.8) is 0 Å². The molecule has 0 saturated heterocycles. The van der Waals surface area contributed by atoms with Gasteiger partial charge in [0.05, 0.1) is 0 Å². The molecule has 0 spiro atoms. The van der Waals surface area contributed by atoms with Crippen molar-refractivity contribution in [3.8, 4) is 0 Å².